The van der Waals surface area contributed by atoms with E-state index >= 15 is 0 Å². The fourth-order valence-electron chi connectivity index (χ4n) is 2.61. The molecule has 1 aliphatic rings. The molecule has 3 rings (SSSR count). The molecular weight excluding hydrogens is 306 g/mol. The Morgan fingerprint density at radius 2 is 2.26 bits per heavy atom. The van der Waals surface area contributed by atoms with Crippen molar-refractivity contribution in [2.45, 2.75) is 12.8 Å². The van der Waals surface area contributed by atoms with Crippen LogP contribution in [-0.4, -0.2) is 29.2 Å². The number of nitrogens with zero attached hydrogens (tertiary/aromatic N) is 1. The van der Waals surface area contributed by atoms with Gasteiger partial charge in [0.15, 0.2) is 0 Å². The van der Waals surface area contributed by atoms with Gasteiger partial charge in [-0.15, -0.1) is 0 Å². The smallest absolute Gasteiger partial charge is 0.222 e. The summed E-state index contributed by atoms with van der Waals surface area (Å²) in [6.07, 6.45) is 3.30. The highest BCUT2D eigenvalue weighted by Crippen LogP contribution is 2.21. The summed E-state index contributed by atoms with van der Waals surface area (Å²) in [5, 5.41) is 2.04. The quantitative estimate of drug-likeness (QED) is 0.810. The standard InChI is InChI=1S/C15H16BrNO2/c16-9-12-8-15(18)17(10-12)5-3-11-1-2-14-13(7-11)4-6-19-14/h1-2,4,6-7,12H,3,5,8-10H2. The maximum absolute atomic E-state index is 11.8. The Balaban J connectivity index is 1.64. The van der Waals surface area contributed by atoms with Crippen molar-refractivity contribution in [2.75, 3.05) is 18.4 Å². The molecule has 0 radical (unpaired) electrons. The summed E-state index contributed by atoms with van der Waals surface area (Å²) in [5.74, 6) is 0.762. The topological polar surface area (TPSA) is 33.5 Å². The fraction of sp³-hybridized carbons (Fsp3) is 0.400. The number of halogens is 1. The fourth-order valence-corrected chi connectivity index (χ4v) is 3.04. The number of carbonyl (C=O) groups excluding carboxylic acids is 1. The van der Waals surface area contributed by atoms with E-state index in [1.54, 1.807) is 6.26 Å². The van der Waals surface area contributed by atoms with Gasteiger partial charge < -0.3 is 9.32 Å². The van der Waals surface area contributed by atoms with E-state index in [-0.39, 0.29) is 5.91 Å². The first-order valence-corrected chi connectivity index (χ1v) is 7.68. The van der Waals surface area contributed by atoms with Gasteiger partial charge in [0.05, 0.1) is 6.26 Å². The molecule has 2 aromatic rings. The van der Waals surface area contributed by atoms with Crippen LogP contribution < -0.4 is 0 Å². The first-order valence-electron chi connectivity index (χ1n) is 6.56. The van der Waals surface area contributed by atoms with Gasteiger partial charge in [-0.1, -0.05) is 22.0 Å². The van der Waals surface area contributed by atoms with Crippen molar-refractivity contribution >= 4 is 32.8 Å². The lowest BCUT2D eigenvalue weighted by Gasteiger charge is -2.16. The van der Waals surface area contributed by atoms with E-state index in [2.05, 4.69) is 28.1 Å². The molecule has 1 atom stereocenters. The van der Waals surface area contributed by atoms with E-state index in [1.807, 2.05) is 17.0 Å². The largest absolute Gasteiger partial charge is 0.464 e. The summed E-state index contributed by atoms with van der Waals surface area (Å²) in [4.78, 5) is 13.8. The number of carbonyl (C=O) groups is 1. The molecule has 0 aliphatic carbocycles. The molecule has 1 fully saturated rings. The van der Waals surface area contributed by atoms with E-state index in [0.29, 0.717) is 12.3 Å². The Bertz CT molecular complexity index is 593. The summed E-state index contributed by atoms with van der Waals surface area (Å²) in [6.45, 7) is 1.70. The monoisotopic (exact) mass is 321 g/mol. The van der Waals surface area contributed by atoms with Crippen LogP contribution >= 0.6 is 15.9 Å². The number of benzene rings is 1. The molecule has 100 valence electrons. The molecule has 1 aromatic carbocycles. The van der Waals surface area contributed by atoms with Crippen LogP contribution in [0.5, 0.6) is 0 Å². The van der Waals surface area contributed by atoms with Gasteiger partial charge in [-0.3, -0.25) is 4.79 Å². The lowest BCUT2D eigenvalue weighted by Crippen LogP contribution is -2.27. The number of hydrogen-bond donors (Lipinski definition) is 0. The van der Waals surface area contributed by atoms with E-state index in [0.717, 1.165) is 35.8 Å². The summed E-state index contributed by atoms with van der Waals surface area (Å²) >= 11 is 3.46. The second-order valence-corrected chi connectivity index (χ2v) is 5.75. The van der Waals surface area contributed by atoms with Gasteiger partial charge in [-0.05, 0) is 36.1 Å². The number of amides is 1. The van der Waals surface area contributed by atoms with Gasteiger partial charge in [0.2, 0.25) is 5.91 Å². The molecule has 1 aromatic heterocycles. The van der Waals surface area contributed by atoms with E-state index < -0.39 is 0 Å². The van der Waals surface area contributed by atoms with Gasteiger partial charge in [-0.2, -0.15) is 0 Å². The average Bonchev–Trinajstić information content (AvgIpc) is 3.02. The van der Waals surface area contributed by atoms with Crippen LogP contribution in [-0.2, 0) is 11.2 Å². The Morgan fingerprint density at radius 1 is 1.37 bits per heavy atom. The molecule has 0 saturated carbocycles. The molecule has 0 bridgehead atoms. The zero-order valence-corrected chi connectivity index (χ0v) is 12.2. The van der Waals surface area contributed by atoms with Gasteiger partial charge >= 0.3 is 0 Å². The summed E-state index contributed by atoms with van der Waals surface area (Å²) in [5.41, 5.74) is 2.17. The van der Waals surface area contributed by atoms with Crippen molar-refractivity contribution in [3.05, 3.63) is 36.1 Å². The van der Waals surface area contributed by atoms with E-state index in [9.17, 15) is 4.79 Å². The average molecular weight is 322 g/mol. The molecule has 1 unspecified atom stereocenters. The Kier molecular flexibility index (Phi) is 3.60. The maximum Gasteiger partial charge on any atom is 0.222 e. The molecular formula is C15H16BrNO2. The lowest BCUT2D eigenvalue weighted by molar-refractivity contribution is -0.127. The molecule has 1 aliphatic heterocycles. The summed E-state index contributed by atoms with van der Waals surface area (Å²) < 4.78 is 5.33. The van der Waals surface area contributed by atoms with Crippen molar-refractivity contribution in [1.82, 2.24) is 4.90 Å². The Morgan fingerprint density at radius 3 is 3.05 bits per heavy atom. The maximum atomic E-state index is 11.8. The molecule has 1 amide bonds. The van der Waals surface area contributed by atoms with Crippen LogP contribution in [0.4, 0.5) is 0 Å². The number of furan rings is 1. The van der Waals surface area contributed by atoms with E-state index in [4.69, 9.17) is 4.42 Å². The van der Waals surface area contributed by atoms with E-state index in [1.165, 1.54) is 5.56 Å². The predicted octanol–water partition coefficient (Wildman–Crippen LogP) is 3.22. The molecule has 1 saturated heterocycles. The first-order chi connectivity index (χ1) is 9.26. The zero-order chi connectivity index (χ0) is 13.2. The van der Waals surface area contributed by atoms with Crippen molar-refractivity contribution in [2.24, 2.45) is 5.92 Å². The first kappa shape index (κ1) is 12.7. The van der Waals surface area contributed by atoms with Crippen LogP contribution in [0.3, 0.4) is 0 Å². The minimum absolute atomic E-state index is 0.286. The summed E-state index contributed by atoms with van der Waals surface area (Å²) in [6, 6.07) is 8.19. The number of hydrogen-bond acceptors (Lipinski definition) is 2. The van der Waals surface area contributed by atoms with Crippen LogP contribution in [0.15, 0.2) is 34.9 Å². The van der Waals surface area contributed by atoms with Crippen LogP contribution in [0.25, 0.3) is 11.0 Å². The Hall–Kier alpha value is -1.29. The second-order valence-electron chi connectivity index (χ2n) is 5.11. The van der Waals surface area contributed by atoms with Gasteiger partial charge in [0, 0.05) is 30.2 Å². The zero-order valence-electron chi connectivity index (χ0n) is 10.6. The van der Waals surface area contributed by atoms with Crippen LogP contribution in [0.1, 0.15) is 12.0 Å². The SMILES string of the molecule is O=C1CC(CBr)CN1CCc1ccc2occc2c1. The van der Waals surface area contributed by atoms with Crippen molar-refractivity contribution in [3.8, 4) is 0 Å². The molecule has 3 nitrogen and oxygen atoms in total. The number of rotatable bonds is 4. The highest BCUT2D eigenvalue weighted by atomic mass is 79.9. The predicted molar refractivity (Wildman–Crippen MR) is 78.4 cm³/mol. The highest BCUT2D eigenvalue weighted by molar-refractivity contribution is 9.09. The van der Waals surface area contributed by atoms with Gasteiger partial charge in [0.25, 0.3) is 0 Å². The minimum atomic E-state index is 0.286. The number of alkyl halides is 1. The second kappa shape index (κ2) is 5.37. The third-order valence-electron chi connectivity index (χ3n) is 3.70. The van der Waals surface area contributed by atoms with Crippen LogP contribution in [0.2, 0.25) is 0 Å². The van der Waals surface area contributed by atoms with Crippen LogP contribution in [0, 0.1) is 5.92 Å². The number of likely N-dealkylation sites (tertiary alicyclic amines) is 1. The molecule has 0 N–H and O–H groups in total. The minimum Gasteiger partial charge on any atom is -0.464 e. The lowest BCUT2D eigenvalue weighted by atomic mass is 10.1. The molecule has 4 heteroatoms. The molecule has 0 spiro atoms. The van der Waals surface area contributed by atoms with Crippen molar-refractivity contribution < 1.29 is 9.21 Å². The van der Waals surface area contributed by atoms with Crippen molar-refractivity contribution in [1.29, 1.82) is 0 Å². The third kappa shape index (κ3) is 2.68. The normalized spacial score (nSPS) is 19.5. The number of fused-ring (bicyclic) bond motifs is 1. The van der Waals surface area contributed by atoms with Crippen molar-refractivity contribution in [3.63, 3.8) is 0 Å². The third-order valence-corrected chi connectivity index (χ3v) is 4.62. The van der Waals surface area contributed by atoms with Gasteiger partial charge in [0.1, 0.15) is 5.58 Å². The highest BCUT2D eigenvalue weighted by Gasteiger charge is 2.28. The molecule has 2 heterocycles. The molecule has 19 heavy (non-hydrogen) atoms. The van der Waals surface area contributed by atoms with Gasteiger partial charge in [-0.25, -0.2) is 0 Å². The summed E-state index contributed by atoms with van der Waals surface area (Å²) in [7, 11) is 0. The Labute approximate surface area is 120 Å².